The average Bonchev–Trinajstić information content (AvgIpc) is 2.48. The quantitative estimate of drug-likeness (QED) is 0.502. The molecular weight excluding hydrogens is 175 g/mol. The molecule has 12 heavy (non-hydrogen) atoms. The second-order valence-electron chi connectivity index (χ2n) is 2.97. The SMILES string of the molecule is O=CNCC1CCN(C(=O)P)C1. The molecule has 0 aliphatic carbocycles. The largest absolute Gasteiger partial charge is 0.358 e. The molecule has 0 saturated carbocycles. The number of amides is 2. The van der Waals surface area contributed by atoms with Crippen LogP contribution in [-0.4, -0.2) is 36.6 Å². The van der Waals surface area contributed by atoms with Gasteiger partial charge in [0.25, 0.3) is 0 Å². The molecule has 2 atom stereocenters. The summed E-state index contributed by atoms with van der Waals surface area (Å²) in [5, 5.41) is 2.62. The first-order valence-electron chi connectivity index (χ1n) is 3.95. The molecule has 0 aromatic rings. The number of carbonyl (C=O) groups is 2. The number of nitrogens with zero attached hydrogens (tertiary/aromatic N) is 1. The summed E-state index contributed by atoms with van der Waals surface area (Å²) in [5.41, 5.74) is 0.0450. The van der Waals surface area contributed by atoms with Crippen molar-refractivity contribution in [2.45, 2.75) is 6.42 Å². The Morgan fingerprint density at radius 1 is 1.75 bits per heavy atom. The van der Waals surface area contributed by atoms with Gasteiger partial charge in [-0.3, -0.25) is 9.59 Å². The molecule has 1 N–H and O–H groups in total. The molecule has 1 aliphatic rings. The van der Waals surface area contributed by atoms with Gasteiger partial charge in [0.2, 0.25) is 12.1 Å². The number of likely N-dealkylation sites (tertiary alicyclic amines) is 1. The maximum absolute atomic E-state index is 10.9. The second kappa shape index (κ2) is 4.41. The van der Waals surface area contributed by atoms with Crippen LogP contribution in [0.5, 0.6) is 0 Å². The van der Waals surface area contributed by atoms with Crippen LogP contribution < -0.4 is 5.32 Å². The van der Waals surface area contributed by atoms with Crippen LogP contribution >= 0.6 is 9.24 Å². The fourth-order valence-corrected chi connectivity index (χ4v) is 1.65. The Hall–Kier alpha value is -0.630. The zero-order valence-electron chi connectivity index (χ0n) is 6.82. The Labute approximate surface area is 73.9 Å². The highest BCUT2D eigenvalue weighted by Crippen LogP contribution is 2.17. The van der Waals surface area contributed by atoms with Crippen LogP contribution in [0.4, 0.5) is 4.79 Å². The molecule has 2 amide bonds. The van der Waals surface area contributed by atoms with E-state index >= 15 is 0 Å². The third-order valence-electron chi connectivity index (χ3n) is 2.09. The minimum atomic E-state index is 0.0450. The van der Waals surface area contributed by atoms with Crippen molar-refractivity contribution in [3.05, 3.63) is 0 Å². The van der Waals surface area contributed by atoms with Gasteiger partial charge in [-0.25, -0.2) is 0 Å². The number of carbonyl (C=O) groups excluding carboxylic acids is 2. The van der Waals surface area contributed by atoms with Gasteiger partial charge in [0.15, 0.2) is 0 Å². The minimum Gasteiger partial charge on any atom is -0.358 e. The van der Waals surface area contributed by atoms with E-state index in [1.165, 1.54) is 0 Å². The summed E-state index contributed by atoms with van der Waals surface area (Å²) in [6.45, 7) is 2.26. The predicted octanol–water partition coefficient (Wildman–Crippen LogP) is 0.0494. The molecule has 1 aliphatic heterocycles. The Morgan fingerprint density at radius 3 is 3.00 bits per heavy atom. The van der Waals surface area contributed by atoms with E-state index in [1.807, 2.05) is 0 Å². The Bertz CT molecular complexity index is 186. The summed E-state index contributed by atoms with van der Waals surface area (Å²) in [5.74, 6) is 0.430. The van der Waals surface area contributed by atoms with E-state index in [0.29, 0.717) is 18.9 Å². The molecule has 1 heterocycles. The fourth-order valence-electron chi connectivity index (χ4n) is 1.41. The van der Waals surface area contributed by atoms with E-state index in [1.54, 1.807) is 4.90 Å². The van der Waals surface area contributed by atoms with Gasteiger partial charge >= 0.3 is 0 Å². The van der Waals surface area contributed by atoms with E-state index in [2.05, 4.69) is 14.6 Å². The van der Waals surface area contributed by atoms with Gasteiger partial charge in [-0.1, -0.05) is 0 Å². The number of nitrogens with one attached hydrogen (secondary N) is 1. The molecular formula is C7H13N2O2P. The molecule has 4 nitrogen and oxygen atoms in total. The molecule has 68 valence electrons. The summed E-state index contributed by atoms with van der Waals surface area (Å²) in [4.78, 5) is 22.6. The molecule has 1 saturated heterocycles. The monoisotopic (exact) mass is 188 g/mol. The van der Waals surface area contributed by atoms with Crippen LogP contribution in [0.15, 0.2) is 0 Å². The lowest BCUT2D eigenvalue weighted by atomic mass is 10.1. The summed E-state index contributed by atoms with van der Waals surface area (Å²) >= 11 is 0. The number of hydrogen-bond acceptors (Lipinski definition) is 2. The zero-order chi connectivity index (χ0) is 8.97. The molecule has 0 aromatic heterocycles. The normalized spacial score (nSPS) is 22.4. The zero-order valence-corrected chi connectivity index (χ0v) is 7.98. The van der Waals surface area contributed by atoms with Crippen molar-refractivity contribution in [2.24, 2.45) is 5.92 Å². The van der Waals surface area contributed by atoms with Gasteiger partial charge in [0.05, 0.1) is 0 Å². The fraction of sp³-hybridized carbons (Fsp3) is 0.714. The number of hydrogen-bond donors (Lipinski definition) is 1. The van der Waals surface area contributed by atoms with Crippen LogP contribution in [0, 0.1) is 5.92 Å². The van der Waals surface area contributed by atoms with Gasteiger partial charge in [0.1, 0.15) is 0 Å². The standard InChI is InChI=1S/C7H13N2O2P/c10-5-8-3-6-1-2-9(4-6)7(11)12/h5-6H,1-4,12H2,(H,8,10). The van der Waals surface area contributed by atoms with Gasteiger partial charge in [0, 0.05) is 19.6 Å². The highest BCUT2D eigenvalue weighted by molar-refractivity contribution is 7.39. The van der Waals surface area contributed by atoms with Crippen LogP contribution in [0.1, 0.15) is 6.42 Å². The van der Waals surface area contributed by atoms with E-state index in [9.17, 15) is 9.59 Å². The van der Waals surface area contributed by atoms with Gasteiger partial charge in [-0.05, 0) is 21.6 Å². The Kier molecular flexibility index (Phi) is 3.48. The van der Waals surface area contributed by atoms with Crippen molar-refractivity contribution in [1.29, 1.82) is 0 Å². The molecule has 0 spiro atoms. The molecule has 1 rings (SSSR count). The summed E-state index contributed by atoms with van der Waals surface area (Å²) < 4.78 is 0. The maximum Gasteiger partial charge on any atom is 0.237 e. The third kappa shape index (κ3) is 2.45. The molecule has 0 aromatic carbocycles. The summed E-state index contributed by atoms with van der Waals surface area (Å²) in [6.07, 6.45) is 1.69. The van der Waals surface area contributed by atoms with Gasteiger partial charge in [-0.15, -0.1) is 0 Å². The lowest BCUT2D eigenvalue weighted by Gasteiger charge is -2.12. The topological polar surface area (TPSA) is 49.4 Å². The van der Waals surface area contributed by atoms with Crippen molar-refractivity contribution in [1.82, 2.24) is 10.2 Å². The smallest absolute Gasteiger partial charge is 0.237 e. The first-order valence-corrected chi connectivity index (χ1v) is 4.53. The van der Waals surface area contributed by atoms with E-state index < -0.39 is 0 Å². The van der Waals surface area contributed by atoms with Crippen molar-refractivity contribution in [3.8, 4) is 0 Å². The van der Waals surface area contributed by atoms with Crippen molar-refractivity contribution >= 4 is 21.3 Å². The first-order chi connectivity index (χ1) is 5.74. The third-order valence-corrected chi connectivity index (χ3v) is 2.45. The predicted molar refractivity (Wildman–Crippen MR) is 48.9 cm³/mol. The first kappa shape index (κ1) is 9.46. The van der Waals surface area contributed by atoms with Crippen LogP contribution in [-0.2, 0) is 4.79 Å². The average molecular weight is 188 g/mol. The van der Waals surface area contributed by atoms with E-state index in [4.69, 9.17) is 0 Å². The maximum atomic E-state index is 10.9. The number of rotatable bonds is 3. The minimum absolute atomic E-state index is 0.0450. The molecule has 2 unspecified atom stereocenters. The van der Waals surface area contributed by atoms with Crippen molar-refractivity contribution in [2.75, 3.05) is 19.6 Å². The summed E-state index contributed by atoms with van der Waals surface area (Å²) in [7, 11) is 2.16. The highest BCUT2D eigenvalue weighted by Gasteiger charge is 2.23. The molecule has 0 bridgehead atoms. The lowest BCUT2D eigenvalue weighted by molar-refractivity contribution is -0.109. The van der Waals surface area contributed by atoms with Gasteiger partial charge < -0.3 is 10.2 Å². The van der Waals surface area contributed by atoms with Crippen molar-refractivity contribution < 1.29 is 9.59 Å². The van der Waals surface area contributed by atoms with E-state index in [-0.39, 0.29) is 5.65 Å². The molecule has 5 heteroatoms. The second-order valence-corrected chi connectivity index (χ2v) is 3.46. The molecule has 0 radical (unpaired) electrons. The Morgan fingerprint density at radius 2 is 2.50 bits per heavy atom. The lowest BCUT2D eigenvalue weighted by Crippen LogP contribution is -2.26. The highest BCUT2D eigenvalue weighted by atomic mass is 31.0. The van der Waals surface area contributed by atoms with Crippen LogP contribution in [0.2, 0.25) is 0 Å². The van der Waals surface area contributed by atoms with Crippen molar-refractivity contribution in [3.63, 3.8) is 0 Å². The Balaban J connectivity index is 2.25. The van der Waals surface area contributed by atoms with Crippen LogP contribution in [0.3, 0.4) is 0 Å². The molecule has 1 fully saturated rings. The van der Waals surface area contributed by atoms with Crippen LogP contribution in [0.25, 0.3) is 0 Å². The summed E-state index contributed by atoms with van der Waals surface area (Å²) in [6, 6.07) is 0. The van der Waals surface area contributed by atoms with Gasteiger partial charge in [-0.2, -0.15) is 0 Å². The van der Waals surface area contributed by atoms with E-state index in [0.717, 1.165) is 19.5 Å².